The highest BCUT2D eigenvalue weighted by molar-refractivity contribution is 6.04. The summed E-state index contributed by atoms with van der Waals surface area (Å²) in [6, 6.07) is 12.1. The van der Waals surface area contributed by atoms with Gasteiger partial charge in [-0.1, -0.05) is 78.0 Å². The van der Waals surface area contributed by atoms with E-state index in [0.717, 1.165) is 50.5 Å². The summed E-state index contributed by atoms with van der Waals surface area (Å²) < 4.78 is 6.07. The highest BCUT2D eigenvalue weighted by Gasteiger charge is 2.69. The molecule has 6 rings (SSSR count). The van der Waals surface area contributed by atoms with Gasteiger partial charge >= 0.3 is 5.97 Å². The van der Waals surface area contributed by atoms with Crippen LogP contribution in [0.3, 0.4) is 0 Å². The van der Waals surface area contributed by atoms with Gasteiger partial charge in [0.05, 0.1) is 11.0 Å². The van der Waals surface area contributed by atoms with Crippen molar-refractivity contribution in [2.75, 3.05) is 0 Å². The fourth-order valence-corrected chi connectivity index (χ4v) is 11.1. The van der Waals surface area contributed by atoms with Gasteiger partial charge in [-0.15, -0.1) is 0 Å². The second kappa shape index (κ2) is 9.63. The van der Waals surface area contributed by atoms with Gasteiger partial charge in [-0.3, -0.25) is 14.4 Å². The Balaban J connectivity index is 1.36. The zero-order valence-corrected chi connectivity index (χ0v) is 26.3. The van der Waals surface area contributed by atoms with Gasteiger partial charge in [0.25, 0.3) is 0 Å². The van der Waals surface area contributed by atoms with Crippen LogP contribution < -0.4 is 0 Å². The average Bonchev–Trinajstić information content (AvgIpc) is 2.94. The Labute approximate surface area is 251 Å². The maximum absolute atomic E-state index is 14.5. The fourth-order valence-electron chi connectivity index (χ4n) is 11.1. The van der Waals surface area contributed by atoms with Crippen LogP contribution in [0.4, 0.5) is 0 Å². The van der Waals surface area contributed by atoms with Gasteiger partial charge in [0.2, 0.25) is 0 Å². The summed E-state index contributed by atoms with van der Waals surface area (Å²) in [6.45, 7) is 13.4. The molecule has 0 radical (unpaired) electrons. The Kier molecular flexibility index (Phi) is 6.73. The predicted molar refractivity (Wildman–Crippen MR) is 161 cm³/mol. The molecule has 0 bridgehead atoms. The Bertz CT molecular complexity index is 1380. The number of ketones is 2. The number of rotatable bonds is 3. The normalized spacial score (nSPS) is 41.6. The second-order valence-corrected chi connectivity index (χ2v) is 16.3. The standard InChI is InChI=1S/C37H47NO4/c1-33(2)16-17-37(32(41)42-22-23-10-8-7-9-11-23)15-12-25-30(26(37)20-33)27(39)18-29-35(25,5)14-13-28-34(3,4)31(40)24(21-38)19-36(28,29)6/h7-11,19,25-26,28-30H,12-18,20,22H2,1-6H3. The SMILES string of the molecule is CC1(C)CCC2(C(=O)OCc3ccccc3)CCC3C(C(=O)CC4C5(C)C=C(C#N)C(=O)C(C)(C)C5CCC34C)C2C1. The average molecular weight is 570 g/mol. The van der Waals surface area contributed by atoms with E-state index in [-0.39, 0.29) is 70.1 Å². The zero-order valence-electron chi connectivity index (χ0n) is 26.3. The summed E-state index contributed by atoms with van der Waals surface area (Å²) in [6.07, 6.45) is 8.51. The summed E-state index contributed by atoms with van der Waals surface area (Å²) in [5.41, 5.74) is -0.432. The molecule has 5 heteroatoms. The van der Waals surface area contributed by atoms with E-state index in [9.17, 15) is 19.6 Å². The molecular weight excluding hydrogens is 522 g/mol. The van der Waals surface area contributed by atoms with E-state index in [4.69, 9.17) is 4.74 Å². The molecule has 4 saturated carbocycles. The minimum Gasteiger partial charge on any atom is -0.460 e. The van der Waals surface area contributed by atoms with Crippen LogP contribution in [0.15, 0.2) is 42.0 Å². The number of esters is 1. The smallest absolute Gasteiger partial charge is 0.312 e. The molecule has 0 heterocycles. The number of nitrogens with zero attached hydrogens (tertiary/aromatic N) is 1. The second-order valence-electron chi connectivity index (χ2n) is 16.3. The van der Waals surface area contributed by atoms with Crippen molar-refractivity contribution in [1.82, 2.24) is 0 Å². The summed E-state index contributed by atoms with van der Waals surface area (Å²) in [5, 5.41) is 9.92. The Morgan fingerprint density at radius 1 is 0.929 bits per heavy atom. The lowest BCUT2D eigenvalue weighted by atomic mass is 9.35. The number of ether oxygens (including phenoxy) is 1. The molecule has 8 atom stereocenters. The summed E-state index contributed by atoms with van der Waals surface area (Å²) in [4.78, 5) is 41.9. The van der Waals surface area contributed by atoms with Gasteiger partial charge in [-0.05, 0) is 90.4 Å². The molecule has 0 N–H and O–H groups in total. The number of carbonyl (C=O) groups is 3. The van der Waals surface area contributed by atoms with Crippen molar-refractivity contribution in [3.05, 3.63) is 47.5 Å². The molecule has 42 heavy (non-hydrogen) atoms. The first-order chi connectivity index (χ1) is 19.7. The third-order valence-electron chi connectivity index (χ3n) is 13.3. The van der Waals surface area contributed by atoms with Gasteiger partial charge in [0.15, 0.2) is 5.78 Å². The van der Waals surface area contributed by atoms with Crippen LogP contribution in [0.1, 0.15) is 98.5 Å². The van der Waals surface area contributed by atoms with Crippen molar-refractivity contribution in [1.29, 1.82) is 5.26 Å². The number of hydrogen-bond acceptors (Lipinski definition) is 5. The number of nitriles is 1. The molecular formula is C37H47NO4. The summed E-state index contributed by atoms with van der Waals surface area (Å²) >= 11 is 0. The molecule has 0 saturated heterocycles. The van der Waals surface area contributed by atoms with E-state index in [1.54, 1.807) is 0 Å². The summed E-state index contributed by atoms with van der Waals surface area (Å²) in [5.74, 6) is 0.301. The molecule has 1 aromatic rings. The fraction of sp³-hybridized carbons (Fsp3) is 0.676. The van der Waals surface area contributed by atoms with Crippen LogP contribution in [0, 0.1) is 68.0 Å². The first-order valence-corrected chi connectivity index (χ1v) is 16.1. The molecule has 5 aliphatic rings. The van der Waals surface area contributed by atoms with Gasteiger partial charge in [-0.2, -0.15) is 5.26 Å². The monoisotopic (exact) mass is 569 g/mol. The van der Waals surface area contributed by atoms with Crippen molar-refractivity contribution in [3.8, 4) is 6.07 Å². The van der Waals surface area contributed by atoms with Crippen molar-refractivity contribution in [3.63, 3.8) is 0 Å². The van der Waals surface area contributed by atoms with Crippen molar-refractivity contribution in [2.24, 2.45) is 56.7 Å². The zero-order chi connectivity index (χ0) is 30.3. The molecule has 8 unspecified atom stereocenters. The van der Waals surface area contributed by atoms with E-state index in [1.165, 1.54) is 0 Å². The van der Waals surface area contributed by atoms with Gasteiger partial charge in [0, 0.05) is 17.8 Å². The van der Waals surface area contributed by atoms with Crippen LogP contribution in [0.2, 0.25) is 0 Å². The Morgan fingerprint density at radius 3 is 2.33 bits per heavy atom. The molecule has 224 valence electrons. The maximum atomic E-state index is 14.5. The number of Topliss-reactive ketones (excluding diaryl/α,β-unsaturated/α-hetero) is 2. The van der Waals surface area contributed by atoms with Gasteiger partial charge in [0.1, 0.15) is 18.5 Å². The first-order valence-electron chi connectivity index (χ1n) is 16.1. The molecule has 0 aromatic heterocycles. The number of fused-ring (bicyclic) bond motifs is 7. The Morgan fingerprint density at radius 2 is 1.64 bits per heavy atom. The minimum absolute atomic E-state index is 0.0198. The van der Waals surface area contributed by atoms with E-state index in [1.807, 2.05) is 50.3 Å². The van der Waals surface area contributed by atoms with Crippen LogP contribution >= 0.6 is 0 Å². The highest BCUT2D eigenvalue weighted by Crippen LogP contribution is 2.72. The molecule has 4 fully saturated rings. The third kappa shape index (κ3) is 4.10. The quantitative estimate of drug-likeness (QED) is 0.349. The van der Waals surface area contributed by atoms with Crippen molar-refractivity contribution < 1.29 is 19.1 Å². The molecule has 5 aliphatic carbocycles. The predicted octanol–water partition coefficient (Wildman–Crippen LogP) is 7.64. The van der Waals surface area contributed by atoms with Gasteiger partial charge in [-0.25, -0.2) is 0 Å². The van der Waals surface area contributed by atoms with Crippen molar-refractivity contribution in [2.45, 2.75) is 99.5 Å². The van der Waals surface area contributed by atoms with Gasteiger partial charge < -0.3 is 4.74 Å². The number of allylic oxidation sites excluding steroid dienone is 2. The number of benzene rings is 1. The number of carbonyl (C=O) groups excluding carboxylic acids is 3. The van der Waals surface area contributed by atoms with Crippen LogP contribution in [-0.2, 0) is 25.7 Å². The first kappa shape index (κ1) is 29.3. The molecule has 0 amide bonds. The molecule has 1 aromatic carbocycles. The lowest BCUT2D eigenvalue weighted by Crippen LogP contribution is -2.65. The third-order valence-corrected chi connectivity index (χ3v) is 13.3. The van der Waals surface area contributed by atoms with Crippen LogP contribution in [0.25, 0.3) is 0 Å². The van der Waals surface area contributed by atoms with E-state index in [2.05, 4.69) is 33.8 Å². The molecule has 0 aliphatic heterocycles. The van der Waals surface area contributed by atoms with E-state index >= 15 is 0 Å². The lowest BCUT2D eigenvalue weighted by molar-refractivity contribution is -0.201. The highest BCUT2D eigenvalue weighted by atomic mass is 16.5. The maximum Gasteiger partial charge on any atom is 0.312 e. The lowest BCUT2D eigenvalue weighted by Gasteiger charge is -2.67. The minimum atomic E-state index is -0.632. The van der Waals surface area contributed by atoms with E-state index in [0.29, 0.717) is 6.42 Å². The largest absolute Gasteiger partial charge is 0.460 e. The van der Waals surface area contributed by atoms with Crippen molar-refractivity contribution >= 4 is 17.5 Å². The number of hydrogen-bond donors (Lipinski definition) is 0. The summed E-state index contributed by atoms with van der Waals surface area (Å²) in [7, 11) is 0. The Hall–Kier alpha value is -2.74. The van der Waals surface area contributed by atoms with Crippen LogP contribution in [-0.4, -0.2) is 17.5 Å². The van der Waals surface area contributed by atoms with E-state index < -0.39 is 16.2 Å². The molecule has 5 nitrogen and oxygen atoms in total. The van der Waals surface area contributed by atoms with Crippen LogP contribution in [0.5, 0.6) is 0 Å². The molecule has 0 spiro atoms. The topological polar surface area (TPSA) is 84.2 Å².